The molecule has 0 unspecified atom stereocenters. The Kier molecular flexibility index (Phi) is 4.83. The molecule has 0 heterocycles. The highest BCUT2D eigenvalue weighted by molar-refractivity contribution is 5.83. The molecule has 0 saturated heterocycles. The minimum atomic E-state index is -0.900. The van der Waals surface area contributed by atoms with Crippen molar-refractivity contribution in [1.29, 1.82) is 0 Å². The van der Waals surface area contributed by atoms with Crippen molar-refractivity contribution in [2.45, 2.75) is 51.9 Å². The molecule has 1 amide bonds. The molecule has 2 aliphatic rings. The Morgan fingerprint density at radius 1 is 1.16 bits per heavy atom. The van der Waals surface area contributed by atoms with Crippen LogP contribution in [0, 0.1) is 17.8 Å². The molecular weight excluding hydrogens is 242 g/mol. The molecule has 4 heteroatoms. The van der Waals surface area contributed by atoms with E-state index in [0.717, 1.165) is 32.1 Å². The zero-order valence-corrected chi connectivity index (χ0v) is 11.8. The van der Waals surface area contributed by atoms with Gasteiger partial charge in [0.25, 0.3) is 0 Å². The summed E-state index contributed by atoms with van der Waals surface area (Å²) in [5.41, 5.74) is 0. The fraction of sp³-hybridized carbons (Fsp3) is 0.867. The first-order valence-electron chi connectivity index (χ1n) is 7.64. The lowest BCUT2D eigenvalue weighted by Gasteiger charge is -2.43. The number of hydrogen-bond donors (Lipinski definition) is 1. The molecule has 0 aromatic rings. The summed E-state index contributed by atoms with van der Waals surface area (Å²) in [5, 5.41) is 8.97. The normalized spacial score (nSPS) is 19.9. The minimum absolute atomic E-state index is 0.105. The maximum Gasteiger partial charge on any atom is 0.323 e. The Bertz CT molecular complexity index is 320. The third kappa shape index (κ3) is 3.28. The van der Waals surface area contributed by atoms with Gasteiger partial charge in [-0.25, -0.2) is 0 Å². The molecule has 2 rings (SSSR count). The Morgan fingerprint density at radius 3 is 2.00 bits per heavy atom. The summed E-state index contributed by atoms with van der Waals surface area (Å²) in [6.07, 6.45) is 7.89. The summed E-state index contributed by atoms with van der Waals surface area (Å²) in [6.45, 7) is 2.42. The van der Waals surface area contributed by atoms with Gasteiger partial charge in [0.05, 0.1) is 0 Å². The van der Waals surface area contributed by atoms with Gasteiger partial charge in [0.15, 0.2) is 0 Å². The van der Waals surface area contributed by atoms with Crippen LogP contribution in [0.15, 0.2) is 0 Å². The van der Waals surface area contributed by atoms with Crippen LogP contribution in [0.3, 0.4) is 0 Å². The van der Waals surface area contributed by atoms with E-state index < -0.39 is 5.97 Å². The van der Waals surface area contributed by atoms with E-state index in [4.69, 9.17) is 5.11 Å². The highest BCUT2D eigenvalue weighted by atomic mass is 16.4. The molecule has 19 heavy (non-hydrogen) atoms. The van der Waals surface area contributed by atoms with E-state index in [1.54, 1.807) is 4.90 Å². The quantitative estimate of drug-likeness (QED) is 0.771. The first kappa shape index (κ1) is 14.4. The van der Waals surface area contributed by atoms with Gasteiger partial charge in [-0.2, -0.15) is 0 Å². The van der Waals surface area contributed by atoms with E-state index >= 15 is 0 Å². The zero-order chi connectivity index (χ0) is 13.8. The van der Waals surface area contributed by atoms with Crippen molar-refractivity contribution < 1.29 is 14.7 Å². The number of hydrogen-bond acceptors (Lipinski definition) is 2. The molecule has 0 aromatic heterocycles. The van der Waals surface area contributed by atoms with Gasteiger partial charge in [0.1, 0.15) is 6.54 Å². The highest BCUT2D eigenvalue weighted by Gasteiger charge is 2.42. The molecule has 0 aromatic carbocycles. The van der Waals surface area contributed by atoms with Gasteiger partial charge < -0.3 is 10.0 Å². The van der Waals surface area contributed by atoms with Crippen LogP contribution in [-0.2, 0) is 9.59 Å². The standard InChI is InChI=1S/C15H25NO3/c1-2-9-16(10-13(17)18)15(19)14(11-5-3-6-11)12-7-4-8-12/h11-12,14H,2-10H2,1H3,(H,17,18). The maximum atomic E-state index is 12.7. The van der Waals surface area contributed by atoms with Gasteiger partial charge in [0.2, 0.25) is 5.91 Å². The van der Waals surface area contributed by atoms with Gasteiger partial charge in [-0.05, 0) is 43.9 Å². The molecule has 1 N–H and O–H groups in total. The number of nitrogens with zero attached hydrogens (tertiary/aromatic N) is 1. The van der Waals surface area contributed by atoms with E-state index in [-0.39, 0.29) is 18.4 Å². The third-order valence-corrected chi connectivity index (χ3v) is 4.73. The average Bonchev–Trinajstić information content (AvgIpc) is 2.21. The number of carbonyl (C=O) groups is 2. The van der Waals surface area contributed by atoms with Gasteiger partial charge >= 0.3 is 5.97 Å². The van der Waals surface area contributed by atoms with Crippen molar-refractivity contribution in [3.05, 3.63) is 0 Å². The number of carbonyl (C=O) groups excluding carboxylic acids is 1. The van der Waals surface area contributed by atoms with Crippen molar-refractivity contribution in [3.63, 3.8) is 0 Å². The average molecular weight is 267 g/mol. The third-order valence-electron chi connectivity index (χ3n) is 4.73. The second-order valence-corrected chi connectivity index (χ2v) is 6.06. The fourth-order valence-electron chi connectivity index (χ4n) is 3.30. The monoisotopic (exact) mass is 267 g/mol. The summed E-state index contributed by atoms with van der Waals surface area (Å²) in [4.78, 5) is 25.2. The fourth-order valence-corrected chi connectivity index (χ4v) is 3.30. The van der Waals surface area contributed by atoms with E-state index in [2.05, 4.69) is 0 Å². The highest BCUT2D eigenvalue weighted by Crippen LogP contribution is 2.45. The molecule has 0 radical (unpaired) electrons. The van der Waals surface area contributed by atoms with Gasteiger partial charge in [-0.3, -0.25) is 9.59 Å². The second-order valence-electron chi connectivity index (χ2n) is 6.06. The van der Waals surface area contributed by atoms with Crippen LogP contribution in [0.2, 0.25) is 0 Å². The predicted molar refractivity (Wildman–Crippen MR) is 72.7 cm³/mol. The van der Waals surface area contributed by atoms with Crippen molar-refractivity contribution in [2.75, 3.05) is 13.1 Å². The summed E-state index contributed by atoms with van der Waals surface area (Å²) in [7, 11) is 0. The van der Waals surface area contributed by atoms with Crippen LogP contribution in [0.1, 0.15) is 51.9 Å². The summed E-state index contributed by atoms with van der Waals surface area (Å²) >= 11 is 0. The number of carboxylic acid groups (broad SMARTS) is 1. The van der Waals surface area contributed by atoms with Crippen molar-refractivity contribution in [3.8, 4) is 0 Å². The SMILES string of the molecule is CCCN(CC(=O)O)C(=O)C(C1CCC1)C1CCC1. The molecule has 0 bridgehead atoms. The molecule has 0 spiro atoms. The number of carboxylic acids is 1. The van der Waals surface area contributed by atoms with Gasteiger partial charge in [-0.15, -0.1) is 0 Å². The van der Waals surface area contributed by atoms with E-state index in [0.29, 0.717) is 18.4 Å². The molecule has 2 fully saturated rings. The number of aliphatic carboxylic acids is 1. The minimum Gasteiger partial charge on any atom is -0.480 e. The maximum absolute atomic E-state index is 12.7. The lowest BCUT2D eigenvalue weighted by Crippen LogP contribution is -2.47. The molecule has 4 nitrogen and oxygen atoms in total. The van der Waals surface area contributed by atoms with Crippen LogP contribution in [0.4, 0.5) is 0 Å². The molecule has 2 aliphatic carbocycles. The first-order valence-corrected chi connectivity index (χ1v) is 7.64. The number of amides is 1. The summed E-state index contributed by atoms with van der Waals surface area (Å²) < 4.78 is 0. The Morgan fingerprint density at radius 2 is 1.68 bits per heavy atom. The van der Waals surface area contributed by atoms with E-state index in [1.807, 2.05) is 6.92 Å². The number of rotatable bonds is 7. The zero-order valence-electron chi connectivity index (χ0n) is 11.8. The van der Waals surface area contributed by atoms with E-state index in [1.165, 1.54) is 12.8 Å². The predicted octanol–water partition coefficient (Wildman–Crippen LogP) is 2.53. The van der Waals surface area contributed by atoms with Gasteiger partial charge in [-0.1, -0.05) is 19.8 Å². The molecular formula is C15H25NO3. The second kappa shape index (κ2) is 6.40. The largest absolute Gasteiger partial charge is 0.480 e. The van der Waals surface area contributed by atoms with Crippen molar-refractivity contribution in [2.24, 2.45) is 17.8 Å². The molecule has 108 valence electrons. The van der Waals surface area contributed by atoms with Crippen LogP contribution in [0.5, 0.6) is 0 Å². The van der Waals surface area contributed by atoms with Crippen LogP contribution < -0.4 is 0 Å². The van der Waals surface area contributed by atoms with Crippen LogP contribution >= 0.6 is 0 Å². The Balaban J connectivity index is 2.04. The van der Waals surface area contributed by atoms with Gasteiger partial charge in [0, 0.05) is 12.5 Å². The molecule has 0 atom stereocenters. The smallest absolute Gasteiger partial charge is 0.323 e. The van der Waals surface area contributed by atoms with Crippen molar-refractivity contribution >= 4 is 11.9 Å². The van der Waals surface area contributed by atoms with Crippen LogP contribution in [0.25, 0.3) is 0 Å². The molecule has 2 saturated carbocycles. The Hall–Kier alpha value is -1.06. The summed E-state index contributed by atoms with van der Waals surface area (Å²) in [5.74, 6) is 0.353. The Labute approximate surface area is 115 Å². The van der Waals surface area contributed by atoms with Crippen LogP contribution in [-0.4, -0.2) is 35.0 Å². The molecule has 0 aliphatic heterocycles. The lowest BCUT2D eigenvalue weighted by molar-refractivity contribution is -0.150. The topological polar surface area (TPSA) is 57.6 Å². The lowest BCUT2D eigenvalue weighted by atomic mass is 9.64. The van der Waals surface area contributed by atoms with Crippen molar-refractivity contribution in [1.82, 2.24) is 4.90 Å². The first-order chi connectivity index (χ1) is 9.13. The van der Waals surface area contributed by atoms with E-state index in [9.17, 15) is 9.59 Å². The summed E-state index contributed by atoms with van der Waals surface area (Å²) in [6, 6.07) is 0.